The highest BCUT2D eigenvalue weighted by Gasteiger charge is 2.39. The standard InChI is InChI=1S/C25H30N2O6S/c1-6-13-27-21-16-23(32-5)22(31-4)15-20(21)17(3)24(34(27,29)30)25(28)26-12-14-33-19-10-8-18(7-2)9-11-19/h6,8-11,15-16H,1,7,12-14H2,2-5H3,(H,26,28). The van der Waals surface area contributed by atoms with Crippen LogP contribution in [0.1, 0.15) is 25.0 Å². The number of ether oxygens (including phenoxy) is 3. The molecular formula is C25H30N2O6S. The minimum Gasteiger partial charge on any atom is -0.493 e. The number of amides is 1. The fraction of sp³-hybridized carbons (Fsp3) is 0.320. The Morgan fingerprint density at radius 2 is 1.76 bits per heavy atom. The third-order valence-electron chi connectivity index (χ3n) is 5.55. The molecule has 1 aliphatic rings. The smallest absolute Gasteiger partial charge is 0.270 e. The first-order chi connectivity index (χ1) is 16.3. The number of nitrogens with one attached hydrogen (secondary N) is 1. The second kappa shape index (κ2) is 10.6. The number of carbonyl (C=O) groups is 1. The van der Waals surface area contributed by atoms with Gasteiger partial charge < -0.3 is 19.5 Å². The van der Waals surface area contributed by atoms with Crippen LogP contribution in [0.15, 0.2) is 54.0 Å². The molecule has 0 saturated heterocycles. The lowest BCUT2D eigenvalue weighted by Gasteiger charge is -2.32. The lowest BCUT2D eigenvalue weighted by Crippen LogP contribution is -2.42. The van der Waals surface area contributed by atoms with Gasteiger partial charge in [0.2, 0.25) is 0 Å². The summed E-state index contributed by atoms with van der Waals surface area (Å²) in [6.45, 7) is 7.67. The van der Waals surface area contributed by atoms with Crippen LogP contribution in [0.25, 0.3) is 5.57 Å². The summed E-state index contributed by atoms with van der Waals surface area (Å²) in [7, 11) is -1.17. The number of sulfonamides is 1. The van der Waals surface area contributed by atoms with Crippen molar-refractivity contribution in [2.24, 2.45) is 0 Å². The maximum atomic E-state index is 13.4. The zero-order valence-corrected chi connectivity index (χ0v) is 20.7. The zero-order chi connectivity index (χ0) is 24.9. The van der Waals surface area contributed by atoms with E-state index in [2.05, 4.69) is 18.8 Å². The Labute approximate surface area is 200 Å². The summed E-state index contributed by atoms with van der Waals surface area (Å²) in [4.78, 5) is 12.7. The fourth-order valence-electron chi connectivity index (χ4n) is 3.77. The molecule has 0 aliphatic carbocycles. The number of hydrogen-bond acceptors (Lipinski definition) is 6. The molecule has 0 aromatic heterocycles. The number of anilines is 1. The van der Waals surface area contributed by atoms with Crippen LogP contribution in [0.3, 0.4) is 0 Å². The van der Waals surface area contributed by atoms with E-state index in [1.807, 2.05) is 24.3 Å². The molecule has 3 rings (SSSR count). The van der Waals surface area contributed by atoms with Crippen molar-refractivity contribution in [1.29, 1.82) is 0 Å². The van der Waals surface area contributed by atoms with E-state index < -0.39 is 15.9 Å². The van der Waals surface area contributed by atoms with Crippen molar-refractivity contribution in [3.8, 4) is 17.2 Å². The van der Waals surface area contributed by atoms with Gasteiger partial charge in [0.15, 0.2) is 16.4 Å². The number of rotatable bonds is 10. The topological polar surface area (TPSA) is 94.2 Å². The Hall–Kier alpha value is -3.46. The summed E-state index contributed by atoms with van der Waals surface area (Å²) in [6.07, 6.45) is 2.40. The predicted molar refractivity (Wildman–Crippen MR) is 133 cm³/mol. The number of aryl methyl sites for hydroxylation is 1. The predicted octanol–water partition coefficient (Wildman–Crippen LogP) is 3.53. The van der Waals surface area contributed by atoms with Crippen LogP contribution in [0, 0.1) is 0 Å². The summed E-state index contributed by atoms with van der Waals surface area (Å²) in [5, 5.41) is 2.67. The van der Waals surface area contributed by atoms with Crippen LogP contribution in [0.4, 0.5) is 5.69 Å². The van der Waals surface area contributed by atoms with Gasteiger partial charge in [-0.2, -0.15) is 0 Å². The second-order valence-electron chi connectivity index (χ2n) is 7.61. The third kappa shape index (κ3) is 4.89. The molecule has 0 spiro atoms. The van der Waals surface area contributed by atoms with Crippen molar-refractivity contribution in [3.05, 3.63) is 65.1 Å². The average Bonchev–Trinajstić information content (AvgIpc) is 2.83. The van der Waals surface area contributed by atoms with Crippen molar-refractivity contribution in [2.75, 3.05) is 38.2 Å². The van der Waals surface area contributed by atoms with E-state index in [-0.39, 0.29) is 24.6 Å². The van der Waals surface area contributed by atoms with Crippen molar-refractivity contribution >= 4 is 27.2 Å². The molecule has 1 N–H and O–H groups in total. The van der Waals surface area contributed by atoms with Crippen LogP contribution < -0.4 is 23.8 Å². The van der Waals surface area contributed by atoms with Gasteiger partial charge in [0.05, 0.1) is 33.0 Å². The Balaban J connectivity index is 1.86. The van der Waals surface area contributed by atoms with Gasteiger partial charge in [-0.05, 0) is 42.7 Å². The van der Waals surface area contributed by atoms with Gasteiger partial charge in [-0.25, -0.2) is 8.42 Å². The Morgan fingerprint density at radius 1 is 1.12 bits per heavy atom. The van der Waals surface area contributed by atoms with Gasteiger partial charge >= 0.3 is 0 Å². The minimum atomic E-state index is -4.14. The van der Waals surface area contributed by atoms with E-state index in [9.17, 15) is 13.2 Å². The summed E-state index contributed by atoms with van der Waals surface area (Å²) in [5.74, 6) is 0.798. The molecule has 182 valence electrons. The van der Waals surface area contributed by atoms with Crippen LogP contribution in [0.2, 0.25) is 0 Å². The van der Waals surface area contributed by atoms with Crippen LogP contribution in [0.5, 0.6) is 17.2 Å². The van der Waals surface area contributed by atoms with Crippen molar-refractivity contribution in [2.45, 2.75) is 20.3 Å². The van der Waals surface area contributed by atoms with Crippen molar-refractivity contribution < 1.29 is 27.4 Å². The molecule has 1 aliphatic heterocycles. The van der Waals surface area contributed by atoms with Gasteiger partial charge in [-0.3, -0.25) is 9.10 Å². The largest absolute Gasteiger partial charge is 0.493 e. The van der Waals surface area contributed by atoms with Gasteiger partial charge in [0, 0.05) is 11.6 Å². The minimum absolute atomic E-state index is 0.00819. The Bertz CT molecular complexity index is 1200. The monoisotopic (exact) mass is 486 g/mol. The molecule has 2 aromatic carbocycles. The quantitative estimate of drug-likeness (QED) is 0.408. The number of methoxy groups -OCH3 is 2. The highest BCUT2D eigenvalue weighted by molar-refractivity contribution is 7.97. The maximum Gasteiger partial charge on any atom is 0.270 e. The van der Waals surface area contributed by atoms with E-state index in [1.165, 1.54) is 25.9 Å². The number of hydrogen-bond donors (Lipinski definition) is 1. The van der Waals surface area contributed by atoms with Crippen LogP contribution in [-0.2, 0) is 21.2 Å². The van der Waals surface area contributed by atoms with Crippen molar-refractivity contribution in [3.63, 3.8) is 0 Å². The molecule has 0 unspecified atom stereocenters. The number of carbonyl (C=O) groups excluding carboxylic acids is 1. The molecule has 0 radical (unpaired) electrons. The normalized spacial score (nSPS) is 14.3. The molecule has 2 aromatic rings. The van der Waals surface area contributed by atoms with E-state index in [4.69, 9.17) is 14.2 Å². The van der Waals surface area contributed by atoms with Gasteiger partial charge in [-0.15, -0.1) is 6.58 Å². The molecular weight excluding hydrogens is 456 g/mol. The first-order valence-corrected chi connectivity index (χ1v) is 12.3. The number of fused-ring (bicyclic) bond motifs is 1. The highest BCUT2D eigenvalue weighted by atomic mass is 32.2. The summed E-state index contributed by atoms with van der Waals surface area (Å²) in [5.41, 5.74) is 2.48. The fourth-order valence-corrected chi connectivity index (χ4v) is 5.50. The van der Waals surface area contributed by atoms with E-state index >= 15 is 0 Å². The molecule has 0 fully saturated rings. The maximum absolute atomic E-state index is 13.4. The Morgan fingerprint density at radius 3 is 2.35 bits per heavy atom. The average molecular weight is 487 g/mol. The van der Waals surface area contributed by atoms with Crippen molar-refractivity contribution in [1.82, 2.24) is 5.32 Å². The number of allylic oxidation sites excluding steroid dienone is 1. The van der Waals surface area contributed by atoms with E-state index in [0.717, 1.165) is 10.7 Å². The van der Waals surface area contributed by atoms with E-state index in [1.54, 1.807) is 19.1 Å². The molecule has 0 atom stereocenters. The lowest BCUT2D eigenvalue weighted by atomic mass is 10.0. The highest BCUT2D eigenvalue weighted by Crippen LogP contribution is 2.44. The summed E-state index contributed by atoms with van der Waals surface area (Å²) < 4.78 is 44.4. The first-order valence-electron chi connectivity index (χ1n) is 10.9. The lowest BCUT2D eigenvalue weighted by molar-refractivity contribution is -0.116. The third-order valence-corrected chi connectivity index (χ3v) is 7.49. The second-order valence-corrected chi connectivity index (χ2v) is 9.40. The van der Waals surface area contributed by atoms with Gasteiger partial charge in [0.25, 0.3) is 15.9 Å². The summed E-state index contributed by atoms with van der Waals surface area (Å²) in [6, 6.07) is 10.9. The molecule has 0 bridgehead atoms. The first kappa shape index (κ1) is 25.2. The number of nitrogens with zero attached hydrogens (tertiary/aromatic N) is 1. The molecule has 1 amide bonds. The zero-order valence-electron chi connectivity index (χ0n) is 19.9. The summed E-state index contributed by atoms with van der Waals surface area (Å²) >= 11 is 0. The Kier molecular flexibility index (Phi) is 7.88. The molecule has 9 heteroatoms. The molecule has 1 heterocycles. The van der Waals surface area contributed by atoms with Crippen LogP contribution in [-0.4, -0.2) is 48.2 Å². The van der Waals surface area contributed by atoms with Gasteiger partial charge in [0.1, 0.15) is 12.4 Å². The SMILES string of the molecule is C=CCN1c2cc(OC)c(OC)cc2C(C)=C(C(=O)NCCOc2ccc(CC)cc2)S1(=O)=O. The molecule has 34 heavy (non-hydrogen) atoms. The molecule has 8 nitrogen and oxygen atoms in total. The number of benzene rings is 2. The van der Waals surface area contributed by atoms with Crippen LogP contribution >= 0.6 is 0 Å². The molecule has 0 saturated carbocycles. The van der Waals surface area contributed by atoms with E-state index in [0.29, 0.717) is 34.1 Å². The van der Waals surface area contributed by atoms with Gasteiger partial charge in [-0.1, -0.05) is 25.1 Å².